The van der Waals surface area contributed by atoms with Crippen LogP contribution in [0.15, 0.2) is 95.8 Å². The second-order valence-corrected chi connectivity index (χ2v) is 24.1. The fraction of sp³-hybridized carbons (Fsp3) is 0.434. The molecule has 1 saturated heterocycles. The summed E-state index contributed by atoms with van der Waals surface area (Å²) >= 11 is 0. The molecule has 0 aliphatic carbocycles. The number of para-hydroxylation sites is 1. The van der Waals surface area contributed by atoms with Crippen LogP contribution in [0.1, 0.15) is 94.1 Å². The van der Waals surface area contributed by atoms with Gasteiger partial charge < -0.3 is 40.1 Å². The number of aromatic amines is 1. The van der Waals surface area contributed by atoms with Crippen molar-refractivity contribution in [1.82, 2.24) is 20.5 Å². The molecule has 4 aromatic carbocycles. The highest BCUT2D eigenvalue weighted by atomic mass is 28.4. The number of nitrogens with one attached hydrogen (secondary N) is 5. The number of likely N-dealkylation sites (tertiary alicyclic amines) is 1. The maximum atomic E-state index is 13.0. The Hall–Kier alpha value is -5.80. The van der Waals surface area contributed by atoms with E-state index >= 15 is 0 Å². The molecule has 5 aromatic rings. The first-order chi connectivity index (χ1) is 32.0. The van der Waals surface area contributed by atoms with E-state index in [2.05, 4.69) is 71.1 Å². The molecule has 2 heterocycles. The average molecular weight is 931 g/mol. The summed E-state index contributed by atoms with van der Waals surface area (Å²) in [6, 6.07) is 28.5. The number of benzene rings is 4. The Bertz CT molecular complexity index is 2530. The molecule has 67 heavy (non-hydrogen) atoms. The minimum atomic E-state index is -2.23. The molecule has 358 valence electrons. The van der Waals surface area contributed by atoms with Gasteiger partial charge in [-0.3, -0.25) is 19.7 Å². The highest BCUT2D eigenvalue weighted by Gasteiger charge is 2.40. The smallest absolute Gasteiger partial charge is 0.411 e. The van der Waals surface area contributed by atoms with Crippen molar-refractivity contribution in [3.63, 3.8) is 0 Å². The minimum absolute atomic E-state index is 0.0148. The molecule has 1 aliphatic rings. The number of nitrogens with zero attached hydrogens (tertiary/aromatic N) is 1. The highest BCUT2D eigenvalue weighted by Crippen LogP contribution is 2.41. The lowest BCUT2D eigenvalue weighted by molar-refractivity contribution is -0.121. The first-order valence-electron chi connectivity index (χ1n) is 23.7. The Morgan fingerprint density at radius 2 is 1.57 bits per heavy atom. The summed E-state index contributed by atoms with van der Waals surface area (Å²) in [6.07, 6.45) is 3.63. The number of fused-ring (bicyclic) bond motifs is 1. The Morgan fingerprint density at radius 1 is 0.836 bits per heavy atom. The summed E-state index contributed by atoms with van der Waals surface area (Å²) in [7, 11) is -2.23. The number of H-pyrrole nitrogens is 1. The summed E-state index contributed by atoms with van der Waals surface area (Å²) < 4.78 is 12.7. The van der Waals surface area contributed by atoms with Gasteiger partial charge in [0.1, 0.15) is 11.9 Å². The summed E-state index contributed by atoms with van der Waals surface area (Å²) in [4.78, 5) is 55.5. The normalized spacial score (nSPS) is 14.1. The van der Waals surface area contributed by atoms with Gasteiger partial charge in [0, 0.05) is 74.8 Å². The summed E-state index contributed by atoms with van der Waals surface area (Å²) in [5.74, 6) is 0.0000686. The number of rotatable bonds is 20. The minimum Gasteiger partial charge on any atom is -0.506 e. The van der Waals surface area contributed by atoms with Crippen molar-refractivity contribution in [1.29, 1.82) is 0 Å². The van der Waals surface area contributed by atoms with Gasteiger partial charge in [-0.05, 0) is 110 Å². The number of phenolic OH excluding ortho intramolecular Hbond substituents is 1. The lowest BCUT2D eigenvalue weighted by atomic mass is 10.0. The number of anilines is 2. The number of carbonyl (C=O) groups excluding carboxylic acids is 3. The zero-order valence-electron chi connectivity index (χ0n) is 40.4. The van der Waals surface area contributed by atoms with Crippen molar-refractivity contribution >= 4 is 48.5 Å². The van der Waals surface area contributed by atoms with Crippen LogP contribution in [-0.2, 0) is 25.3 Å². The molecule has 3 amide bonds. The molecule has 0 spiro atoms. The Balaban J connectivity index is 0.865. The predicted molar refractivity (Wildman–Crippen MR) is 271 cm³/mol. The fourth-order valence-electron chi connectivity index (χ4n) is 8.21. The van der Waals surface area contributed by atoms with E-state index in [0.717, 1.165) is 76.8 Å². The van der Waals surface area contributed by atoms with Gasteiger partial charge in [0.2, 0.25) is 17.4 Å². The zero-order chi connectivity index (χ0) is 48.1. The molecule has 1 unspecified atom stereocenters. The van der Waals surface area contributed by atoms with Crippen LogP contribution >= 0.6 is 0 Å². The van der Waals surface area contributed by atoms with Crippen LogP contribution in [0.4, 0.5) is 16.2 Å². The Morgan fingerprint density at radius 3 is 2.31 bits per heavy atom. The van der Waals surface area contributed by atoms with Crippen molar-refractivity contribution in [3.8, 4) is 16.9 Å². The van der Waals surface area contributed by atoms with E-state index in [1.165, 1.54) is 6.07 Å². The SMILES string of the molecule is Cc1cc(NC(=O)CCCCCNC(=O)CCN2CCC(OC(=O)Nc3ccccc3-c3ccccc3)CC2)c(C)cc1CNCC(O[Si](C)(C)C(C)(C)C)c1ccc(O)c2[nH]c(=O)ccc12. The molecule has 1 aliphatic heterocycles. The molecule has 0 saturated carbocycles. The molecule has 0 radical (unpaired) electrons. The van der Waals surface area contributed by atoms with Crippen LogP contribution in [0.3, 0.4) is 0 Å². The molecule has 0 bridgehead atoms. The first-order valence-corrected chi connectivity index (χ1v) is 26.6. The van der Waals surface area contributed by atoms with Crippen molar-refractivity contribution in [3.05, 3.63) is 124 Å². The van der Waals surface area contributed by atoms with Gasteiger partial charge in [-0.15, -0.1) is 0 Å². The fourth-order valence-corrected chi connectivity index (χ4v) is 9.48. The number of hydrogen-bond acceptors (Lipinski definition) is 9. The van der Waals surface area contributed by atoms with Gasteiger partial charge >= 0.3 is 6.09 Å². The van der Waals surface area contributed by atoms with Gasteiger partial charge in [0.15, 0.2) is 8.32 Å². The lowest BCUT2D eigenvalue weighted by Crippen LogP contribution is -2.43. The summed E-state index contributed by atoms with van der Waals surface area (Å²) in [5.41, 5.74) is 7.62. The number of pyridine rings is 1. The van der Waals surface area contributed by atoms with Gasteiger partial charge in [-0.2, -0.15) is 0 Å². The quantitative estimate of drug-likeness (QED) is 0.0328. The average Bonchev–Trinajstić information content (AvgIpc) is 3.29. The number of unbranched alkanes of at least 4 members (excludes halogenated alkanes) is 2. The van der Waals surface area contributed by atoms with Crippen LogP contribution in [-0.4, -0.2) is 80.0 Å². The van der Waals surface area contributed by atoms with Crippen molar-refractivity contribution in [2.75, 3.05) is 43.4 Å². The van der Waals surface area contributed by atoms with Crippen LogP contribution in [0, 0.1) is 13.8 Å². The molecular formula is C53H70N6O7Si. The van der Waals surface area contributed by atoms with Gasteiger partial charge in [0.25, 0.3) is 0 Å². The number of phenols is 1. The third kappa shape index (κ3) is 14.3. The van der Waals surface area contributed by atoms with E-state index in [-0.39, 0.29) is 40.4 Å². The molecule has 1 atom stereocenters. The molecule has 6 N–H and O–H groups in total. The number of piperidine rings is 1. The first kappa shape index (κ1) is 50.6. The zero-order valence-corrected chi connectivity index (χ0v) is 41.4. The van der Waals surface area contributed by atoms with Gasteiger partial charge in [0.05, 0.1) is 17.3 Å². The maximum Gasteiger partial charge on any atom is 0.411 e. The number of ether oxygens (including phenoxy) is 1. The number of hydrogen-bond donors (Lipinski definition) is 6. The number of aromatic hydroxyl groups is 1. The van der Waals surface area contributed by atoms with E-state index in [0.29, 0.717) is 63.1 Å². The summed E-state index contributed by atoms with van der Waals surface area (Å²) in [5, 5.41) is 23.9. The molecule has 1 fully saturated rings. The number of amides is 3. The van der Waals surface area contributed by atoms with Crippen LogP contribution < -0.4 is 26.8 Å². The Kier molecular flexibility index (Phi) is 17.6. The molecule has 6 rings (SSSR count). The monoisotopic (exact) mass is 931 g/mol. The van der Waals surface area contributed by atoms with E-state index < -0.39 is 14.4 Å². The number of aryl methyl sites for hydroxylation is 2. The van der Waals surface area contributed by atoms with E-state index in [4.69, 9.17) is 9.16 Å². The van der Waals surface area contributed by atoms with Crippen LogP contribution in [0.2, 0.25) is 18.1 Å². The standard InChI is InChI=1S/C53H70N6O7Si/c1-36-33-45(37(2)32-39(36)34-54-35-47(66-67(6,7)53(3,4)5)42-21-23-46(60)51-43(42)22-24-50(63)58-51)56-49(62)20-12-9-15-28-55-48(61)27-31-59-29-25-40(26-30-59)65-52(64)57-44-19-14-13-18-41(44)38-16-10-8-11-17-38/h8,10-11,13-14,16-19,21-24,32-33,40,47,54,60H,9,12,15,20,25-31,34-35H2,1-7H3,(H,55,61)(H,56,62)(H,57,64)(H,58,63). The second kappa shape index (κ2) is 23.3. The third-order valence-electron chi connectivity index (χ3n) is 13.2. The van der Waals surface area contributed by atoms with Crippen LogP contribution in [0.25, 0.3) is 22.0 Å². The number of aromatic nitrogens is 1. The third-order valence-corrected chi connectivity index (χ3v) is 17.7. The lowest BCUT2D eigenvalue weighted by Gasteiger charge is -2.39. The van der Waals surface area contributed by atoms with E-state index in [1.54, 1.807) is 12.1 Å². The maximum absolute atomic E-state index is 13.0. The van der Waals surface area contributed by atoms with Crippen molar-refractivity contribution in [2.24, 2.45) is 0 Å². The van der Waals surface area contributed by atoms with Crippen molar-refractivity contribution in [2.45, 2.75) is 116 Å². The Labute approximate surface area is 396 Å². The second-order valence-electron chi connectivity index (χ2n) is 19.3. The number of carbonyl (C=O) groups is 3. The van der Waals surface area contributed by atoms with Gasteiger partial charge in [-0.1, -0.05) is 87.9 Å². The van der Waals surface area contributed by atoms with Crippen LogP contribution in [0.5, 0.6) is 5.75 Å². The largest absolute Gasteiger partial charge is 0.506 e. The molecule has 13 nitrogen and oxygen atoms in total. The summed E-state index contributed by atoms with van der Waals surface area (Å²) in [6.45, 7) is 18.9. The predicted octanol–water partition coefficient (Wildman–Crippen LogP) is 10.1. The van der Waals surface area contributed by atoms with Gasteiger partial charge in [-0.25, -0.2) is 4.79 Å². The molecule has 14 heteroatoms. The molecule has 1 aromatic heterocycles. The topological polar surface area (TPSA) is 174 Å². The van der Waals surface area contributed by atoms with E-state index in [1.807, 2.05) is 80.6 Å². The highest BCUT2D eigenvalue weighted by molar-refractivity contribution is 6.74. The van der Waals surface area contributed by atoms with Crippen molar-refractivity contribution < 1.29 is 28.7 Å². The molecular weight excluding hydrogens is 861 g/mol. The van der Waals surface area contributed by atoms with E-state index in [9.17, 15) is 24.3 Å².